The van der Waals surface area contributed by atoms with Gasteiger partial charge in [-0.3, -0.25) is 0 Å². The molecule has 0 radical (unpaired) electrons. The van der Waals surface area contributed by atoms with E-state index in [0.717, 1.165) is 10.7 Å². The number of nitrogen functional groups attached to an aromatic ring is 1. The number of rotatable bonds is 3. The highest BCUT2D eigenvalue weighted by molar-refractivity contribution is 7.99. The van der Waals surface area contributed by atoms with Crippen molar-refractivity contribution in [2.24, 2.45) is 5.14 Å². The summed E-state index contributed by atoms with van der Waals surface area (Å²) in [5.74, 6) is 0.764. The first-order chi connectivity index (χ1) is 8.36. The summed E-state index contributed by atoms with van der Waals surface area (Å²) in [7, 11) is -3.75. The van der Waals surface area contributed by atoms with Gasteiger partial charge >= 0.3 is 0 Å². The SMILES string of the molecule is Cc1occc1Sc1cc(N)cc(S(N)(=O)=O)c1. The molecule has 0 saturated heterocycles. The van der Waals surface area contributed by atoms with Crippen LogP contribution in [-0.4, -0.2) is 8.42 Å². The van der Waals surface area contributed by atoms with Crippen molar-refractivity contribution in [1.82, 2.24) is 0 Å². The smallest absolute Gasteiger partial charge is 0.238 e. The van der Waals surface area contributed by atoms with Crippen molar-refractivity contribution in [3.63, 3.8) is 0 Å². The van der Waals surface area contributed by atoms with Gasteiger partial charge in [0, 0.05) is 10.6 Å². The van der Waals surface area contributed by atoms with Gasteiger partial charge in [0.2, 0.25) is 10.0 Å². The standard InChI is InChI=1S/C11H12N2O3S2/c1-7-11(2-3-16-7)17-9-4-8(12)5-10(6-9)18(13,14)15/h2-6H,12H2,1H3,(H2,13,14,15). The van der Waals surface area contributed by atoms with Crippen LogP contribution in [0.2, 0.25) is 0 Å². The molecule has 1 aromatic carbocycles. The highest BCUT2D eigenvalue weighted by atomic mass is 32.2. The molecule has 0 atom stereocenters. The molecule has 2 aromatic rings. The lowest BCUT2D eigenvalue weighted by Crippen LogP contribution is -2.12. The predicted octanol–water partition coefficient (Wildman–Crippen LogP) is 1.97. The summed E-state index contributed by atoms with van der Waals surface area (Å²) in [6.07, 6.45) is 1.57. The number of hydrogen-bond acceptors (Lipinski definition) is 5. The van der Waals surface area contributed by atoms with Crippen molar-refractivity contribution in [2.45, 2.75) is 21.6 Å². The number of furan rings is 1. The number of primary sulfonamides is 1. The summed E-state index contributed by atoms with van der Waals surface area (Å²) < 4.78 is 27.8. The largest absolute Gasteiger partial charge is 0.468 e. The fourth-order valence-electron chi connectivity index (χ4n) is 1.42. The van der Waals surface area contributed by atoms with Gasteiger partial charge in [0.15, 0.2) is 0 Å². The molecule has 0 aliphatic carbocycles. The summed E-state index contributed by atoms with van der Waals surface area (Å²) in [5.41, 5.74) is 6.02. The first-order valence-corrected chi connectivity index (χ1v) is 7.38. The van der Waals surface area contributed by atoms with E-state index in [-0.39, 0.29) is 4.90 Å². The zero-order valence-corrected chi connectivity index (χ0v) is 11.2. The van der Waals surface area contributed by atoms with Gasteiger partial charge < -0.3 is 10.2 Å². The molecule has 1 aromatic heterocycles. The van der Waals surface area contributed by atoms with Gasteiger partial charge in [-0.15, -0.1) is 0 Å². The second-order valence-corrected chi connectivity index (χ2v) is 6.40. The van der Waals surface area contributed by atoms with Gasteiger partial charge in [-0.2, -0.15) is 0 Å². The van der Waals surface area contributed by atoms with Crippen LogP contribution in [0, 0.1) is 6.92 Å². The molecule has 0 aliphatic rings. The fourth-order valence-corrected chi connectivity index (χ4v) is 3.04. The molecule has 0 unspecified atom stereocenters. The highest BCUT2D eigenvalue weighted by Crippen LogP contribution is 2.33. The average molecular weight is 284 g/mol. The fraction of sp³-hybridized carbons (Fsp3) is 0.0909. The number of hydrogen-bond donors (Lipinski definition) is 2. The van der Waals surface area contributed by atoms with Crippen molar-refractivity contribution < 1.29 is 12.8 Å². The second kappa shape index (κ2) is 4.68. The third-order valence-electron chi connectivity index (χ3n) is 2.27. The molecule has 96 valence electrons. The van der Waals surface area contributed by atoms with E-state index in [1.807, 2.05) is 6.92 Å². The van der Waals surface area contributed by atoms with Gasteiger partial charge in [0.05, 0.1) is 16.1 Å². The minimum atomic E-state index is -3.75. The van der Waals surface area contributed by atoms with Crippen LogP contribution >= 0.6 is 11.8 Å². The normalized spacial score (nSPS) is 11.7. The Balaban J connectivity index is 2.41. The Hall–Kier alpha value is -1.44. The Bertz CT molecular complexity index is 677. The molecule has 0 bridgehead atoms. The lowest BCUT2D eigenvalue weighted by molar-refractivity contribution is 0.527. The Morgan fingerprint density at radius 3 is 2.56 bits per heavy atom. The minimum Gasteiger partial charge on any atom is -0.468 e. The van der Waals surface area contributed by atoms with Crippen LogP contribution in [0.5, 0.6) is 0 Å². The Morgan fingerprint density at radius 2 is 2.00 bits per heavy atom. The van der Waals surface area contributed by atoms with Crippen LogP contribution in [0.15, 0.2) is 49.6 Å². The monoisotopic (exact) mass is 284 g/mol. The summed E-state index contributed by atoms with van der Waals surface area (Å²) >= 11 is 1.37. The van der Waals surface area contributed by atoms with E-state index < -0.39 is 10.0 Å². The molecule has 5 nitrogen and oxygen atoms in total. The quantitative estimate of drug-likeness (QED) is 0.839. The molecule has 0 aliphatic heterocycles. The van der Waals surface area contributed by atoms with Crippen LogP contribution in [-0.2, 0) is 10.0 Å². The van der Waals surface area contributed by atoms with E-state index in [2.05, 4.69) is 0 Å². The van der Waals surface area contributed by atoms with Crippen molar-refractivity contribution in [1.29, 1.82) is 0 Å². The van der Waals surface area contributed by atoms with E-state index in [1.54, 1.807) is 18.4 Å². The number of sulfonamides is 1. The third-order valence-corrected chi connectivity index (χ3v) is 4.28. The van der Waals surface area contributed by atoms with Gasteiger partial charge in [-0.25, -0.2) is 13.6 Å². The zero-order valence-electron chi connectivity index (χ0n) is 9.58. The minimum absolute atomic E-state index is 0.00569. The Kier molecular flexibility index (Phi) is 3.38. The molecule has 7 heteroatoms. The van der Waals surface area contributed by atoms with E-state index in [9.17, 15) is 8.42 Å². The molecule has 18 heavy (non-hydrogen) atoms. The summed E-state index contributed by atoms with van der Waals surface area (Å²) in [6, 6.07) is 6.32. The van der Waals surface area contributed by atoms with Crippen LogP contribution in [0.3, 0.4) is 0 Å². The van der Waals surface area contributed by atoms with Gasteiger partial charge in [0.25, 0.3) is 0 Å². The van der Waals surface area contributed by atoms with Crippen LogP contribution in [0.25, 0.3) is 0 Å². The van der Waals surface area contributed by atoms with Gasteiger partial charge in [0.1, 0.15) is 5.76 Å². The molecule has 1 heterocycles. The average Bonchev–Trinajstić information content (AvgIpc) is 2.62. The molecule has 0 spiro atoms. The number of benzene rings is 1. The van der Waals surface area contributed by atoms with Crippen molar-refractivity contribution in [3.8, 4) is 0 Å². The van der Waals surface area contributed by atoms with Crippen molar-refractivity contribution >= 4 is 27.5 Å². The van der Waals surface area contributed by atoms with E-state index in [4.69, 9.17) is 15.3 Å². The molecule has 0 amide bonds. The molecular formula is C11H12N2O3S2. The predicted molar refractivity (Wildman–Crippen MR) is 69.8 cm³/mol. The van der Waals surface area contributed by atoms with Gasteiger partial charge in [-0.05, 0) is 31.2 Å². The second-order valence-electron chi connectivity index (χ2n) is 3.73. The first kappa shape index (κ1) is 13.0. The molecule has 2 rings (SSSR count). The Labute approximate surface area is 109 Å². The number of anilines is 1. The Morgan fingerprint density at radius 1 is 1.28 bits per heavy atom. The summed E-state index contributed by atoms with van der Waals surface area (Å²) in [5, 5.41) is 5.09. The van der Waals surface area contributed by atoms with E-state index in [1.165, 1.54) is 23.9 Å². The zero-order chi connectivity index (χ0) is 13.3. The topological polar surface area (TPSA) is 99.3 Å². The molecular weight excluding hydrogens is 272 g/mol. The van der Waals surface area contributed by atoms with Crippen LogP contribution in [0.1, 0.15) is 5.76 Å². The molecule has 0 fully saturated rings. The number of nitrogens with two attached hydrogens (primary N) is 2. The lowest BCUT2D eigenvalue weighted by atomic mass is 10.3. The van der Waals surface area contributed by atoms with Gasteiger partial charge in [-0.1, -0.05) is 11.8 Å². The number of aryl methyl sites for hydroxylation is 1. The maximum atomic E-state index is 11.3. The molecule has 4 N–H and O–H groups in total. The summed E-state index contributed by atoms with van der Waals surface area (Å²) in [6.45, 7) is 1.83. The van der Waals surface area contributed by atoms with Crippen LogP contribution in [0.4, 0.5) is 5.69 Å². The van der Waals surface area contributed by atoms with Crippen molar-refractivity contribution in [3.05, 3.63) is 36.3 Å². The van der Waals surface area contributed by atoms with E-state index >= 15 is 0 Å². The maximum Gasteiger partial charge on any atom is 0.238 e. The lowest BCUT2D eigenvalue weighted by Gasteiger charge is -2.05. The first-order valence-electron chi connectivity index (χ1n) is 5.01. The highest BCUT2D eigenvalue weighted by Gasteiger charge is 2.11. The maximum absolute atomic E-state index is 11.3. The van der Waals surface area contributed by atoms with Crippen LogP contribution < -0.4 is 10.9 Å². The van der Waals surface area contributed by atoms with Crippen molar-refractivity contribution in [2.75, 3.05) is 5.73 Å². The third kappa shape index (κ3) is 2.87. The molecule has 0 saturated carbocycles. The summed E-state index contributed by atoms with van der Waals surface area (Å²) in [4.78, 5) is 1.61. The van der Waals surface area contributed by atoms with E-state index in [0.29, 0.717) is 10.6 Å².